The molecule has 2 unspecified atom stereocenters. The minimum atomic E-state index is -0.445. The molecular weight excluding hydrogens is 312 g/mol. The number of amides is 1. The van der Waals surface area contributed by atoms with Crippen LogP contribution in [-0.2, 0) is 4.79 Å². The molecule has 2 atom stereocenters. The van der Waals surface area contributed by atoms with Crippen molar-refractivity contribution >= 4 is 27.5 Å². The number of benzene rings is 1. The van der Waals surface area contributed by atoms with Gasteiger partial charge in [-0.1, -0.05) is 41.9 Å². The van der Waals surface area contributed by atoms with E-state index in [1.807, 2.05) is 13.8 Å². The van der Waals surface area contributed by atoms with Gasteiger partial charge in [0.1, 0.15) is 0 Å². The molecule has 1 aromatic carbocycles. The lowest BCUT2D eigenvalue weighted by Crippen LogP contribution is -2.35. The molecule has 0 aromatic heterocycles. The molecule has 6 heteroatoms. The summed E-state index contributed by atoms with van der Waals surface area (Å²) in [7, 11) is 0. The van der Waals surface area contributed by atoms with Gasteiger partial charge in [0.2, 0.25) is 5.91 Å². The average molecular weight is 329 g/mol. The lowest BCUT2D eigenvalue weighted by molar-refractivity contribution is -0.384. The third-order valence-corrected chi connectivity index (χ3v) is 4.25. The van der Waals surface area contributed by atoms with Gasteiger partial charge in [-0.15, -0.1) is 0 Å². The zero-order chi connectivity index (χ0) is 14.6. The second-order valence-electron chi connectivity index (χ2n) is 4.73. The highest BCUT2D eigenvalue weighted by Crippen LogP contribution is 2.20. The highest BCUT2D eigenvalue weighted by Gasteiger charge is 2.21. The molecule has 1 amide bonds. The third-order valence-electron chi connectivity index (χ3n) is 2.78. The number of carbonyl (C=O) groups is 1. The maximum Gasteiger partial charge on any atom is 0.269 e. The van der Waals surface area contributed by atoms with Crippen molar-refractivity contribution in [2.24, 2.45) is 5.92 Å². The largest absolute Gasteiger partial charge is 0.349 e. The predicted molar refractivity (Wildman–Crippen MR) is 77.2 cm³/mol. The van der Waals surface area contributed by atoms with Gasteiger partial charge in [0.05, 0.1) is 15.8 Å². The van der Waals surface area contributed by atoms with Gasteiger partial charge in [-0.3, -0.25) is 14.9 Å². The van der Waals surface area contributed by atoms with Crippen molar-refractivity contribution in [1.82, 2.24) is 5.32 Å². The first kappa shape index (κ1) is 15.6. The molecule has 0 bridgehead atoms. The molecule has 1 N–H and O–H groups in total. The van der Waals surface area contributed by atoms with Crippen molar-refractivity contribution in [2.45, 2.75) is 31.6 Å². The number of non-ortho nitro benzene ring substituents is 1. The summed E-state index contributed by atoms with van der Waals surface area (Å²) in [6.45, 7) is 5.69. The zero-order valence-corrected chi connectivity index (χ0v) is 12.7. The fourth-order valence-corrected chi connectivity index (χ4v) is 1.72. The summed E-state index contributed by atoms with van der Waals surface area (Å²) in [5.74, 6) is 0.0614. The quantitative estimate of drug-likeness (QED) is 0.512. The number of nitro groups is 1. The molecule has 1 aromatic rings. The molecule has 0 fully saturated rings. The van der Waals surface area contributed by atoms with Crippen molar-refractivity contribution in [2.75, 3.05) is 0 Å². The second kappa shape index (κ2) is 6.65. The summed E-state index contributed by atoms with van der Waals surface area (Å²) in [5, 5.41) is 13.5. The SMILES string of the molecule is CC(NC(=O)C(Br)C(C)C)c1cccc([N+](=O)[O-])c1. The predicted octanol–water partition coefficient (Wildman–Crippen LogP) is 3.19. The van der Waals surface area contributed by atoms with E-state index in [9.17, 15) is 14.9 Å². The normalized spacial score (nSPS) is 13.9. The molecule has 104 valence electrons. The molecule has 5 nitrogen and oxygen atoms in total. The van der Waals surface area contributed by atoms with E-state index in [2.05, 4.69) is 21.2 Å². The number of alkyl halides is 1. The molecule has 0 aliphatic heterocycles. The van der Waals surface area contributed by atoms with Crippen molar-refractivity contribution < 1.29 is 9.72 Å². The summed E-state index contributed by atoms with van der Waals surface area (Å²) in [6, 6.07) is 6.01. The van der Waals surface area contributed by atoms with Gasteiger partial charge in [0.25, 0.3) is 5.69 Å². The van der Waals surface area contributed by atoms with Crippen LogP contribution in [0.3, 0.4) is 0 Å². The summed E-state index contributed by atoms with van der Waals surface area (Å²) in [4.78, 5) is 21.9. The summed E-state index contributed by atoms with van der Waals surface area (Å²) >= 11 is 3.33. The van der Waals surface area contributed by atoms with Crippen LogP contribution in [0.2, 0.25) is 0 Å². The van der Waals surface area contributed by atoms with E-state index in [-0.39, 0.29) is 28.4 Å². The van der Waals surface area contributed by atoms with Crippen molar-refractivity contribution in [3.63, 3.8) is 0 Å². The number of carbonyl (C=O) groups excluding carboxylic acids is 1. The molecule has 0 saturated heterocycles. The molecular formula is C13H17BrN2O3. The molecule has 0 aliphatic carbocycles. The second-order valence-corrected chi connectivity index (χ2v) is 5.71. The first-order valence-corrected chi connectivity index (χ1v) is 6.93. The average Bonchev–Trinajstić information content (AvgIpc) is 2.37. The van der Waals surface area contributed by atoms with Crippen molar-refractivity contribution in [3.8, 4) is 0 Å². The molecule has 0 saturated carbocycles. The van der Waals surface area contributed by atoms with Gasteiger partial charge in [-0.2, -0.15) is 0 Å². The lowest BCUT2D eigenvalue weighted by Gasteiger charge is -2.18. The molecule has 1 rings (SSSR count). The van der Waals surface area contributed by atoms with Crippen LogP contribution in [0.15, 0.2) is 24.3 Å². The maximum atomic E-state index is 11.9. The minimum Gasteiger partial charge on any atom is -0.349 e. The third kappa shape index (κ3) is 4.31. The number of nitrogens with one attached hydrogen (secondary N) is 1. The Morgan fingerprint density at radius 3 is 2.53 bits per heavy atom. The lowest BCUT2D eigenvalue weighted by atomic mass is 10.1. The Labute approximate surface area is 120 Å². The highest BCUT2D eigenvalue weighted by molar-refractivity contribution is 9.10. The van der Waals surface area contributed by atoms with Gasteiger partial charge < -0.3 is 5.32 Å². The zero-order valence-electron chi connectivity index (χ0n) is 11.1. The summed E-state index contributed by atoms with van der Waals surface area (Å²) < 4.78 is 0. The Morgan fingerprint density at radius 1 is 1.37 bits per heavy atom. The summed E-state index contributed by atoms with van der Waals surface area (Å²) in [6.07, 6.45) is 0. The number of halogens is 1. The number of nitrogens with zero attached hydrogens (tertiary/aromatic N) is 1. The Hall–Kier alpha value is -1.43. The summed E-state index contributed by atoms with van der Waals surface area (Å²) in [5.41, 5.74) is 0.740. The van der Waals surface area contributed by atoms with E-state index in [0.717, 1.165) is 0 Å². The van der Waals surface area contributed by atoms with Crippen LogP contribution in [-0.4, -0.2) is 15.7 Å². The number of rotatable bonds is 5. The standard InChI is InChI=1S/C13H17BrN2O3/c1-8(2)12(14)13(17)15-9(3)10-5-4-6-11(7-10)16(18)19/h4-9,12H,1-3H3,(H,15,17). The van der Waals surface area contributed by atoms with Crippen LogP contribution in [0.5, 0.6) is 0 Å². The number of hydrogen-bond acceptors (Lipinski definition) is 3. The van der Waals surface area contributed by atoms with Crippen LogP contribution < -0.4 is 5.32 Å². The van der Waals surface area contributed by atoms with Crippen molar-refractivity contribution in [1.29, 1.82) is 0 Å². The van der Waals surface area contributed by atoms with E-state index in [4.69, 9.17) is 0 Å². The van der Waals surface area contributed by atoms with Crippen molar-refractivity contribution in [3.05, 3.63) is 39.9 Å². The Morgan fingerprint density at radius 2 is 2.00 bits per heavy atom. The fourth-order valence-electron chi connectivity index (χ4n) is 1.59. The van der Waals surface area contributed by atoms with E-state index >= 15 is 0 Å². The van der Waals surface area contributed by atoms with E-state index in [0.29, 0.717) is 5.56 Å². The Balaban J connectivity index is 2.78. The van der Waals surface area contributed by atoms with Crippen LogP contribution >= 0.6 is 15.9 Å². The first-order valence-electron chi connectivity index (χ1n) is 6.01. The van der Waals surface area contributed by atoms with Gasteiger partial charge >= 0.3 is 0 Å². The Kier molecular flexibility index (Phi) is 5.47. The van der Waals surface area contributed by atoms with E-state index < -0.39 is 4.92 Å². The molecule has 0 radical (unpaired) electrons. The maximum absolute atomic E-state index is 11.9. The van der Waals surface area contributed by atoms with Crippen LogP contribution in [0, 0.1) is 16.0 Å². The minimum absolute atomic E-state index is 0.0258. The molecule has 0 spiro atoms. The van der Waals surface area contributed by atoms with Crippen LogP contribution in [0.1, 0.15) is 32.4 Å². The molecule has 0 aliphatic rings. The monoisotopic (exact) mass is 328 g/mol. The smallest absolute Gasteiger partial charge is 0.269 e. The first-order chi connectivity index (χ1) is 8.82. The van der Waals surface area contributed by atoms with Crippen LogP contribution in [0.4, 0.5) is 5.69 Å². The number of hydrogen-bond donors (Lipinski definition) is 1. The molecule has 0 heterocycles. The molecule has 19 heavy (non-hydrogen) atoms. The van der Waals surface area contributed by atoms with E-state index in [1.165, 1.54) is 12.1 Å². The van der Waals surface area contributed by atoms with Gasteiger partial charge in [-0.05, 0) is 18.4 Å². The van der Waals surface area contributed by atoms with Crippen LogP contribution in [0.25, 0.3) is 0 Å². The number of nitro benzene ring substituents is 1. The highest BCUT2D eigenvalue weighted by atomic mass is 79.9. The van der Waals surface area contributed by atoms with E-state index in [1.54, 1.807) is 19.1 Å². The van der Waals surface area contributed by atoms with Gasteiger partial charge in [0, 0.05) is 12.1 Å². The van der Waals surface area contributed by atoms with Gasteiger partial charge in [-0.25, -0.2) is 0 Å². The Bertz CT molecular complexity index is 477. The van der Waals surface area contributed by atoms with Gasteiger partial charge in [0.15, 0.2) is 0 Å². The topological polar surface area (TPSA) is 72.2 Å². The fraction of sp³-hybridized carbons (Fsp3) is 0.462.